The van der Waals surface area contributed by atoms with Crippen LogP contribution in [-0.2, 0) is 18.9 Å². The molecule has 54 heteroatoms. The zero-order valence-corrected chi connectivity index (χ0v) is 74.3. The van der Waals surface area contributed by atoms with Gasteiger partial charge in [0.05, 0.1) is 71.0 Å². The predicted molar refractivity (Wildman–Crippen MR) is 459 cm³/mol. The van der Waals surface area contributed by atoms with Crippen LogP contribution in [0.2, 0.25) is 0 Å². The van der Waals surface area contributed by atoms with E-state index in [1.165, 1.54) is 151 Å². The fraction of sp³-hybridized carbons (Fsp3) is 0.238. The Morgan fingerprint density at radius 1 is 0.442 bits per heavy atom. The molecule has 13 N–H and O–H groups in total. The van der Waals surface area contributed by atoms with Crippen LogP contribution in [0.1, 0.15) is 163 Å². The third kappa shape index (κ3) is 31.2. The van der Waals surface area contributed by atoms with E-state index in [4.69, 9.17) is 65.9 Å². The van der Waals surface area contributed by atoms with Crippen molar-refractivity contribution >= 4 is 106 Å². The number of ketones is 1. The molecule has 138 heavy (non-hydrogen) atoms. The molecule has 0 saturated carbocycles. The maximum Gasteiger partial charge on any atom is 1.00 e. The van der Waals surface area contributed by atoms with Gasteiger partial charge in [-0.3, -0.25) is 43.5 Å². The molecular formula is C84H80F9LiN22O22. The average molecular weight is 1930 g/mol. The Morgan fingerprint density at radius 2 is 0.732 bits per heavy atom. The van der Waals surface area contributed by atoms with Crippen molar-refractivity contribution in [1.29, 1.82) is 5.26 Å². The molecule has 12 aromatic rings. The number of nitrogens with one attached hydrogen (secondary N) is 2. The summed E-state index contributed by atoms with van der Waals surface area (Å²) in [6, 6.07) is 25.7. The topological polar surface area (TPSA) is 644 Å². The van der Waals surface area contributed by atoms with Crippen molar-refractivity contribution in [3.8, 4) is 58.0 Å². The van der Waals surface area contributed by atoms with Crippen molar-refractivity contribution < 1.29 is 164 Å². The first-order valence-corrected chi connectivity index (χ1v) is 38.6. The summed E-state index contributed by atoms with van der Waals surface area (Å²) in [7, 11) is 1.31. The number of nitriles is 1. The van der Waals surface area contributed by atoms with Gasteiger partial charge in [-0.25, -0.2) is 78.0 Å². The van der Waals surface area contributed by atoms with Crippen LogP contribution in [0, 0.1) is 11.8 Å². The number of nitrogen functional groups attached to an aromatic ring is 1. The summed E-state index contributed by atoms with van der Waals surface area (Å²) >= 11 is 0. The van der Waals surface area contributed by atoms with Gasteiger partial charge in [-0.05, 0) is 178 Å². The quantitative estimate of drug-likeness (QED) is 0.00970. The number of oxazole rings is 3. The number of carboxylic acid groups (broad SMARTS) is 2. The summed E-state index contributed by atoms with van der Waals surface area (Å²) in [5, 5.41) is 41.5. The van der Waals surface area contributed by atoms with Crippen LogP contribution in [0.15, 0.2) is 178 Å². The van der Waals surface area contributed by atoms with Gasteiger partial charge in [0.1, 0.15) is 72.7 Å². The predicted octanol–water partition coefficient (Wildman–Crippen LogP) is 10.1. The van der Waals surface area contributed by atoms with E-state index in [0.717, 1.165) is 55.6 Å². The number of hydrogen-bond acceptors (Lipinski definition) is 31. The number of benzene rings is 3. The number of hydrogen-bond donors (Lipinski definition) is 8. The fourth-order valence-electron chi connectivity index (χ4n) is 10.9. The van der Waals surface area contributed by atoms with Crippen molar-refractivity contribution in [3.05, 3.63) is 216 Å². The molecule has 0 aliphatic heterocycles. The van der Waals surface area contributed by atoms with Crippen LogP contribution in [0.3, 0.4) is 0 Å². The summed E-state index contributed by atoms with van der Waals surface area (Å²) in [4.78, 5) is 168. The summed E-state index contributed by atoms with van der Waals surface area (Å²) in [5.41, 5.74) is 19.7. The Kier molecular flexibility index (Phi) is 36.1. The number of esters is 1. The van der Waals surface area contributed by atoms with Crippen molar-refractivity contribution in [2.75, 3.05) is 57.8 Å². The minimum atomic E-state index is -4.78. The van der Waals surface area contributed by atoms with E-state index in [0.29, 0.717) is 42.9 Å². The number of nitrogens with zero attached hydrogens (tertiary/aromatic N) is 16. The number of amides is 8. The molecule has 0 radical (unpaired) electrons. The average Bonchev–Trinajstić information content (AvgIpc) is 1.66. The molecule has 0 atom stereocenters. The summed E-state index contributed by atoms with van der Waals surface area (Å²) in [6.07, 6.45) is -7.70. The normalized spacial score (nSPS) is 11.1. The maximum atomic E-state index is 13.3. The first kappa shape index (κ1) is 110. The number of Topliss-reactive ketones (excluding diaryl/α,β-unsaturated/α-hetero) is 1. The molecule has 0 aliphatic rings. The molecule has 9 heterocycles. The zero-order valence-electron chi connectivity index (χ0n) is 74.3. The molecule has 3 aromatic carbocycles. The van der Waals surface area contributed by atoms with Gasteiger partial charge in [0, 0.05) is 47.4 Å². The smallest absolute Gasteiger partial charge is 0.870 e. The van der Waals surface area contributed by atoms with Gasteiger partial charge in [0.15, 0.2) is 39.9 Å². The minimum absolute atomic E-state index is 0. The van der Waals surface area contributed by atoms with Crippen molar-refractivity contribution in [3.63, 3.8) is 0 Å². The number of carbonyl (C=O) groups excluding carboxylic acids is 10. The van der Waals surface area contributed by atoms with Crippen molar-refractivity contribution in [2.24, 2.45) is 17.2 Å². The number of carboxylic acids is 2. The van der Waals surface area contributed by atoms with Gasteiger partial charge < -0.3 is 81.5 Å². The molecule has 0 spiro atoms. The number of pyridine rings is 3. The van der Waals surface area contributed by atoms with Gasteiger partial charge in [0.25, 0.3) is 29.5 Å². The van der Waals surface area contributed by atoms with E-state index in [1.54, 1.807) is 48.5 Å². The summed E-state index contributed by atoms with van der Waals surface area (Å²) in [5.74, 6) is -8.98. The molecule has 0 aliphatic carbocycles. The number of methoxy groups -OCH3 is 1. The molecule has 0 bridgehead atoms. The Bertz CT molecular complexity index is 6200. The Labute approximate surface area is 784 Å². The SMILES string of the molecule is C#N.CC(=O)c1ccc(-n2cc(NC(=O)c3coc(-c4ccnc(N(CC(F)(F)F)C(=O)OC(C)(C)C)c4)n3)c(C(N)=O)n2)cc1.CC(C)(C)OC(=O)N(CC(F)(F)F)c1cc(-c2nc(C(=O)Nc3cn(-c4ccc(C(=O)O)cc4)nc3C(N)=O)co2)ccn1.CC(C)(C)OC(=O)N(CC(F)(F)F)c1cc(-c2nc(C(=O)O)co2)ccn1.COC(=O)c1ccc(-n2cc(N)c(C(N)=O)n2)cc1.[Li+].[OH-]. The molecule has 12 rings (SSSR count). The third-order valence-electron chi connectivity index (χ3n) is 16.7. The standard InChI is InChI=1S/C28H26F3N7O6.C27H24F3N7O7.C16H16F3N3O5.C12H12N4O3.CHN.Li.H2O/c1-15(39)16-5-7-18(8-6-16)38-12-19(22(36-38)23(32)40)34-24(41)20-13-43-25(35-20)17-9-10-33-21(11-17)37(14-28(29,30)31)26(42)44-27(2,3)4;1-26(2,3)44-25(42)36(13-27(28,29)30)19-10-15(8-9-32-19)23-34-18(12-43-23)22(39)33-17-11-37(35-20(17)21(31)38)16-6-4-14(5-7-16)24(40)41;1-15(2,3)27-14(25)22(8-16(17,18)19)11-6-9(4-5-20-11)12-21-10(7-26-12)13(23)24;1-19-12(18)7-2-4-8(5-3-7)16-6-9(13)10(15-16)11(14)17;1-2;;/h5-13H,14H2,1-4H3,(H2,32,40)(H,34,41);4-12H,13H2,1-3H3,(H2,31,38)(H,33,39)(H,40,41);4-7H,8H2,1-3H3,(H,23,24);2-6H,13H2,1H3,(H2,14,17);1H;;1H2/q;;;;;+1;/p-1. The monoisotopic (exact) mass is 1930 g/mol. The second-order valence-corrected chi connectivity index (χ2v) is 30.7. The fourth-order valence-corrected chi connectivity index (χ4v) is 10.9. The van der Waals surface area contributed by atoms with Crippen LogP contribution in [0.25, 0.3) is 51.4 Å². The molecule has 0 unspecified atom stereocenters. The number of halogens is 9. The van der Waals surface area contributed by atoms with Crippen LogP contribution >= 0.6 is 0 Å². The first-order valence-electron chi connectivity index (χ1n) is 38.6. The van der Waals surface area contributed by atoms with E-state index in [-0.39, 0.29) is 127 Å². The van der Waals surface area contributed by atoms with Crippen LogP contribution < -0.4 is 67.1 Å². The van der Waals surface area contributed by atoms with E-state index < -0.39 is 132 Å². The van der Waals surface area contributed by atoms with E-state index in [2.05, 4.69) is 67.1 Å². The van der Waals surface area contributed by atoms with Gasteiger partial charge in [-0.2, -0.15) is 54.8 Å². The Hall–Kier alpha value is -17.2. The summed E-state index contributed by atoms with van der Waals surface area (Å²) in [6.45, 7) is 13.5. The van der Waals surface area contributed by atoms with Gasteiger partial charge in [-0.15, -0.1) is 0 Å². The van der Waals surface area contributed by atoms with Gasteiger partial charge in [-0.1, -0.05) is 0 Å². The maximum absolute atomic E-state index is 13.3. The van der Waals surface area contributed by atoms with Crippen molar-refractivity contribution in [2.45, 2.75) is 105 Å². The molecule has 8 amide bonds. The molecule has 0 saturated heterocycles. The Balaban J connectivity index is 0.000000292. The second kappa shape index (κ2) is 45.5. The number of carbonyl (C=O) groups is 12. The van der Waals surface area contributed by atoms with Crippen molar-refractivity contribution in [1.82, 2.24) is 59.2 Å². The number of anilines is 6. The number of ether oxygens (including phenoxy) is 4. The molecule has 722 valence electrons. The molecule has 9 aromatic heterocycles. The second-order valence-electron chi connectivity index (χ2n) is 30.7. The largest absolute Gasteiger partial charge is 1.00 e. The molecular weight excluding hydrogens is 1850 g/mol. The van der Waals surface area contributed by atoms with Gasteiger partial charge in [0.2, 0.25) is 17.7 Å². The van der Waals surface area contributed by atoms with Crippen LogP contribution in [0.4, 0.5) is 88.4 Å². The zero-order chi connectivity index (χ0) is 101. The summed E-state index contributed by atoms with van der Waals surface area (Å²) < 4.78 is 158. The number of alkyl halides is 9. The third-order valence-corrected chi connectivity index (χ3v) is 16.7. The van der Waals surface area contributed by atoms with E-state index in [1.807, 2.05) is 0 Å². The van der Waals surface area contributed by atoms with E-state index in [9.17, 15) is 97.0 Å². The number of rotatable bonds is 23. The number of aromatic nitrogens is 12. The number of aromatic carboxylic acids is 2. The first-order chi connectivity index (χ1) is 63.4. The number of nitrogens with two attached hydrogens (primary N) is 4. The Morgan fingerprint density at radius 3 is 1.00 bits per heavy atom. The van der Waals surface area contributed by atoms with E-state index >= 15 is 0 Å². The van der Waals surface area contributed by atoms with Crippen LogP contribution in [0.5, 0.6) is 0 Å². The number of primary amides is 3. The molecule has 44 nitrogen and oxygen atoms in total. The molecule has 0 fully saturated rings. The van der Waals surface area contributed by atoms with Gasteiger partial charge >= 0.3 is 73.6 Å². The van der Waals surface area contributed by atoms with Crippen LogP contribution in [-0.4, -0.2) is 209 Å². The minimum Gasteiger partial charge on any atom is -0.870 e.